The van der Waals surface area contributed by atoms with Crippen molar-refractivity contribution in [1.29, 1.82) is 0 Å². The number of hydrogen-bond acceptors (Lipinski definition) is 3. The topological polar surface area (TPSA) is 83.5 Å². The zero-order valence-electron chi connectivity index (χ0n) is 11.0. The second-order valence-corrected chi connectivity index (χ2v) is 8.05. The molecule has 1 aliphatic carbocycles. The molecule has 1 aromatic carbocycles. The maximum atomic E-state index is 12.2. The predicted molar refractivity (Wildman–Crippen MR) is 83.3 cm³/mol. The first-order valence-corrected chi connectivity index (χ1v) is 8.88. The Morgan fingerprint density at radius 2 is 2.10 bits per heavy atom. The second-order valence-electron chi connectivity index (χ2n) is 5.12. The summed E-state index contributed by atoms with van der Waals surface area (Å²) < 4.78 is 27.5. The van der Waals surface area contributed by atoms with Gasteiger partial charge in [-0.1, -0.05) is 6.92 Å². The van der Waals surface area contributed by atoms with E-state index in [0.717, 1.165) is 19.3 Å². The van der Waals surface area contributed by atoms with Gasteiger partial charge in [0.15, 0.2) is 0 Å². The first-order chi connectivity index (χ1) is 9.30. The van der Waals surface area contributed by atoms with Gasteiger partial charge in [0.2, 0.25) is 10.0 Å². The van der Waals surface area contributed by atoms with Crippen LogP contribution in [0.2, 0.25) is 0 Å². The third-order valence-corrected chi connectivity index (χ3v) is 6.16. The molecule has 2 rings (SSSR count). The molecule has 1 aromatic rings. The maximum Gasteiger partial charge on any atom is 0.336 e. The predicted octanol–water partition coefficient (Wildman–Crippen LogP) is 2.46. The summed E-state index contributed by atoms with van der Waals surface area (Å²) in [7, 11) is -3.65. The van der Waals surface area contributed by atoms with Crippen LogP contribution in [0.3, 0.4) is 0 Å². The van der Waals surface area contributed by atoms with Gasteiger partial charge in [-0.15, -0.1) is 0 Å². The van der Waals surface area contributed by atoms with Crippen molar-refractivity contribution in [2.24, 2.45) is 5.41 Å². The van der Waals surface area contributed by atoms with Gasteiger partial charge in [0.1, 0.15) is 0 Å². The Kier molecular flexibility index (Phi) is 4.41. The summed E-state index contributed by atoms with van der Waals surface area (Å²) in [6.07, 6.45) is 3.03. The van der Waals surface area contributed by atoms with Crippen LogP contribution in [0.15, 0.2) is 23.1 Å². The number of aromatic carboxylic acids is 1. The lowest BCUT2D eigenvalue weighted by atomic mass is 10.1. The van der Waals surface area contributed by atoms with Gasteiger partial charge in [-0.25, -0.2) is 17.9 Å². The Morgan fingerprint density at radius 3 is 2.60 bits per heavy atom. The summed E-state index contributed by atoms with van der Waals surface area (Å²) in [5.74, 6) is -1.13. The number of carboxylic acid groups (broad SMARTS) is 1. The van der Waals surface area contributed by atoms with Crippen molar-refractivity contribution in [1.82, 2.24) is 4.72 Å². The highest BCUT2D eigenvalue weighted by Crippen LogP contribution is 2.48. The molecular weight excluding hydrogens is 393 g/mol. The van der Waals surface area contributed by atoms with Gasteiger partial charge in [0.05, 0.1) is 10.5 Å². The Labute approximate surface area is 132 Å². The molecule has 1 fully saturated rings. The molecule has 2 N–H and O–H groups in total. The molecule has 0 amide bonds. The molecule has 7 heteroatoms. The molecule has 5 nitrogen and oxygen atoms in total. The molecule has 0 atom stereocenters. The van der Waals surface area contributed by atoms with Crippen LogP contribution >= 0.6 is 22.6 Å². The van der Waals surface area contributed by atoms with E-state index in [0.29, 0.717) is 10.1 Å². The molecule has 20 heavy (non-hydrogen) atoms. The summed E-state index contributed by atoms with van der Waals surface area (Å²) in [4.78, 5) is 11.1. The average molecular weight is 409 g/mol. The lowest BCUT2D eigenvalue weighted by Crippen LogP contribution is -2.30. The van der Waals surface area contributed by atoms with E-state index in [1.165, 1.54) is 18.2 Å². The first-order valence-electron chi connectivity index (χ1n) is 6.32. The summed E-state index contributed by atoms with van der Waals surface area (Å²) in [5, 5.41) is 9.04. The number of halogens is 1. The fraction of sp³-hybridized carbons (Fsp3) is 0.462. The highest BCUT2D eigenvalue weighted by Gasteiger charge is 2.41. The van der Waals surface area contributed by atoms with Gasteiger partial charge in [0, 0.05) is 10.1 Å². The van der Waals surface area contributed by atoms with Crippen LogP contribution in [0.25, 0.3) is 0 Å². The number of benzene rings is 1. The van der Waals surface area contributed by atoms with E-state index in [1.54, 1.807) is 0 Å². The van der Waals surface area contributed by atoms with Gasteiger partial charge >= 0.3 is 5.97 Å². The molecule has 0 unspecified atom stereocenters. The van der Waals surface area contributed by atoms with Crippen molar-refractivity contribution in [2.45, 2.75) is 31.1 Å². The minimum Gasteiger partial charge on any atom is -0.478 e. The SMILES string of the molecule is CCC1(CNS(=O)(=O)c2ccc(I)c(C(=O)O)c2)CC1. The molecule has 110 valence electrons. The second kappa shape index (κ2) is 5.61. The van der Waals surface area contributed by atoms with Crippen LogP contribution < -0.4 is 4.72 Å². The lowest BCUT2D eigenvalue weighted by Gasteiger charge is -2.14. The zero-order chi connectivity index (χ0) is 15.0. The van der Waals surface area contributed by atoms with Crippen LogP contribution in [0.1, 0.15) is 36.5 Å². The van der Waals surface area contributed by atoms with Gasteiger partial charge in [-0.3, -0.25) is 0 Å². The molecule has 0 bridgehead atoms. The van der Waals surface area contributed by atoms with Crippen LogP contribution in [-0.2, 0) is 10.0 Å². The van der Waals surface area contributed by atoms with Crippen molar-refractivity contribution in [2.75, 3.05) is 6.54 Å². The first kappa shape index (κ1) is 15.7. The van der Waals surface area contributed by atoms with Crippen LogP contribution in [-0.4, -0.2) is 26.0 Å². The molecule has 0 saturated heterocycles. The molecule has 0 aromatic heterocycles. The Balaban J connectivity index is 2.21. The number of carboxylic acids is 1. The fourth-order valence-corrected chi connectivity index (χ4v) is 3.75. The van der Waals surface area contributed by atoms with Gasteiger partial charge < -0.3 is 5.11 Å². The Hall–Kier alpha value is -0.670. The van der Waals surface area contributed by atoms with E-state index in [2.05, 4.69) is 11.6 Å². The van der Waals surface area contributed by atoms with Crippen molar-refractivity contribution in [3.63, 3.8) is 0 Å². The number of nitrogens with one attached hydrogen (secondary N) is 1. The van der Waals surface area contributed by atoms with E-state index < -0.39 is 16.0 Å². The zero-order valence-corrected chi connectivity index (χ0v) is 14.0. The Morgan fingerprint density at radius 1 is 1.45 bits per heavy atom. The van der Waals surface area contributed by atoms with Crippen LogP contribution in [0.5, 0.6) is 0 Å². The smallest absolute Gasteiger partial charge is 0.336 e. The summed E-state index contributed by atoms with van der Waals surface area (Å²) in [6.45, 7) is 2.47. The fourth-order valence-electron chi connectivity index (χ4n) is 2.00. The van der Waals surface area contributed by atoms with Crippen molar-refractivity contribution < 1.29 is 18.3 Å². The maximum absolute atomic E-state index is 12.2. The number of rotatable bonds is 6. The largest absolute Gasteiger partial charge is 0.478 e. The van der Waals surface area contributed by atoms with E-state index >= 15 is 0 Å². The minimum atomic E-state index is -3.65. The highest BCUT2D eigenvalue weighted by atomic mass is 127. The quantitative estimate of drug-likeness (QED) is 0.708. The summed E-state index contributed by atoms with van der Waals surface area (Å²) >= 11 is 1.87. The Bertz CT molecular complexity index is 638. The van der Waals surface area contributed by atoms with E-state index in [4.69, 9.17) is 5.11 Å². The average Bonchev–Trinajstić information content (AvgIpc) is 3.17. The molecule has 1 aliphatic rings. The number of hydrogen-bond donors (Lipinski definition) is 2. The summed E-state index contributed by atoms with van der Waals surface area (Å²) in [6, 6.07) is 4.14. The van der Waals surface area contributed by atoms with Gasteiger partial charge in [0.25, 0.3) is 0 Å². The molecule has 1 saturated carbocycles. The standard InChI is InChI=1S/C13H16INO4S/c1-2-13(5-6-13)8-15-20(18,19)9-3-4-11(14)10(7-9)12(16)17/h3-4,7,15H,2,5-6,8H2,1H3,(H,16,17). The normalized spacial score (nSPS) is 16.9. The summed E-state index contributed by atoms with van der Waals surface area (Å²) in [5.41, 5.74) is 0.108. The van der Waals surface area contributed by atoms with E-state index in [9.17, 15) is 13.2 Å². The van der Waals surface area contributed by atoms with Crippen molar-refractivity contribution >= 4 is 38.6 Å². The molecule has 0 heterocycles. The third kappa shape index (κ3) is 3.32. The lowest BCUT2D eigenvalue weighted by molar-refractivity contribution is 0.0695. The minimum absolute atomic E-state index is 0.00205. The molecule has 0 radical (unpaired) electrons. The number of sulfonamides is 1. The third-order valence-electron chi connectivity index (χ3n) is 3.82. The highest BCUT2D eigenvalue weighted by molar-refractivity contribution is 14.1. The van der Waals surface area contributed by atoms with Crippen molar-refractivity contribution in [3.8, 4) is 0 Å². The molecule has 0 aliphatic heterocycles. The van der Waals surface area contributed by atoms with Crippen LogP contribution in [0, 0.1) is 8.99 Å². The van der Waals surface area contributed by atoms with E-state index in [1.807, 2.05) is 22.6 Å². The van der Waals surface area contributed by atoms with Gasteiger partial charge in [-0.05, 0) is 65.5 Å². The number of carbonyl (C=O) groups is 1. The van der Waals surface area contributed by atoms with Crippen LogP contribution in [0.4, 0.5) is 0 Å². The molecule has 0 spiro atoms. The van der Waals surface area contributed by atoms with Gasteiger partial charge in [-0.2, -0.15) is 0 Å². The van der Waals surface area contributed by atoms with E-state index in [-0.39, 0.29) is 15.9 Å². The molecular formula is C13H16INO4S. The van der Waals surface area contributed by atoms with Crippen molar-refractivity contribution in [3.05, 3.63) is 27.3 Å². The monoisotopic (exact) mass is 409 g/mol.